The molecule has 1 saturated heterocycles. The van der Waals surface area contributed by atoms with Crippen LogP contribution in [-0.4, -0.2) is 80.0 Å². The van der Waals surface area contributed by atoms with E-state index in [1.165, 1.54) is 0 Å². The number of rotatable bonds is 11. The fourth-order valence-corrected chi connectivity index (χ4v) is 4.72. The Labute approximate surface area is 190 Å². The van der Waals surface area contributed by atoms with Crippen LogP contribution in [0.2, 0.25) is 0 Å². The van der Waals surface area contributed by atoms with Gasteiger partial charge in [-0.05, 0) is 30.8 Å². The summed E-state index contributed by atoms with van der Waals surface area (Å²) in [6.45, 7) is 4.52. The molecule has 3 rings (SSSR count). The fraction of sp³-hybridized carbons (Fsp3) is 0.500. The number of para-hydroxylation sites is 1. The van der Waals surface area contributed by atoms with Crippen LogP contribution in [0.3, 0.4) is 0 Å². The second kappa shape index (κ2) is 12.2. The average molecular weight is 447 g/mol. The molecular weight excluding hydrogens is 412 g/mol. The van der Waals surface area contributed by atoms with Gasteiger partial charge in [0.25, 0.3) is 0 Å². The number of benzene rings is 2. The number of hydrogen-bond donors (Lipinski definition) is 1. The van der Waals surface area contributed by atoms with Crippen molar-refractivity contribution in [3.05, 3.63) is 53.6 Å². The molecule has 0 aliphatic carbocycles. The summed E-state index contributed by atoms with van der Waals surface area (Å²) in [5.41, 5.74) is 2.29. The van der Waals surface area contributed by atoms with Gasteiger partial charge in [-0.25, -0.2) is 0 Å². The van der Waals surface area contributed by atoms with E-state index in [9.17, 15) is 5.11 Å². The second-order valence-corrected chi connectivity index (χ2v) is 9.07. The number of aliphatic hydroxyl groups excluding tert-OH is 1. The molecule has 1 atom stereocenters. The van der Waals surface area contributed by atoms with Gasteiger partial charge in [-0.15, -0.1) is 0 Å². The highest BCUT2D eigenvalue weighted by atomic mass is 32.2. The van der Waals surface area contributed by atoms with E-state index in [0.29, 0.717) is 18.0 Å². The maximum Gasteiger partial charge on any atom is 0.161 e. The Bertz CT molecular complexity index is 814. The van der Waals surface area contributed by atoms with E-state index in [-0.39, 0.29) is 6.61 Å². The number of nitrogens with zero attached hydrogens (tertiary/aromatic N) is 2. The zero-order valence-electron chi connectivity index (χ0n) is 18.8. The predicted octanol–water partition coefficient (Wildman–Crippen LogP) is 3.12. The van der Waals surface area contributed by atoms with Crippen molar-refractivity contribution < 1.29 is 19.3 Å². The average Bonchev–Trinajstić information content (AvgIpc) is 2.79. The molecule has 0 spiro atoms. The Morgan fingerprint density at radius 2 is 1.74 bits per heavy atom. The standard InChI is InChI=1S/C24H34N2O4S/c1-25(16-20-6-4-5-7-22(20)28-2)15-19-8-9-23(24(14-19)29-3)30-18-21(27)17-26-10-12-31-13-11-26/h4-9,14,21,27H,10-13,15-18H2,1-3H3/t21-/m1/s1. The number of aliphatic hydroxyl groups is 1. The van der Waals surface area contributed by atoms with E-state index in [4.69, 9.17) is 14.2 Å². The first-order chi connectivity index (χ1) is 15.1. The molecule has 7 heteroatoms. The third-order valence-electron chi connectivity index (χ3n) is 5.32. The van der Waals surface area contributed by atoms with Crippen LogP contribution in [-0.2, 0) is 13.1 Å². The SMILES string of the molecule is COc1ccccc1CN(C)Cc1ccc(OC[C@H](O)CN2CCSCC2)c(OC)c1. The first-order valence-electron chi connectivity index (χ1n) is 10.7. The molecule has 0 aromatic heterocycles. The van der Waals surface area contributed by atoms with E-state index >= 15 is 0 Å². The highest BCUT2D eigenvalue weighted by Crippen LogP contribution is 2.29. The minimum Gasteiger partial charge on any atom is -0.496 e. The zero-order chi connectivity index (χ0) is 22.1. The van der Waals surface area contributed by atoms with Gasteiger partial charge < -0.3 is 19.3 Å². The van der Waals surface area contributed by atoms with E-state index in [0.717, 1.165) is 54.6 Å². The van der Waals surface area contributed by atoms with Gasteiger partial charge in [-0.1, -0.05) is 24.3 Å². The Hall–Kier alpha value is -1.93. The molecule has 2 aromatic carbocycles. The van der Waals surface area contributed by atoms with Crippen molar-refractivity contribution >= 4 is 11.8 Å². The predicted molar refractivity (Wildman–Crippen MR) is 126 cm³/mol. The third-order valence-corrected chi connectivity index (χ3v) is 6.26. The molecule has 1 aliphatic heterocycles. The Morgan fingerprint density at radius 1 is 1.00 bits per heavy atom. The van der Waals surface area contributed by atoms with Gasteiger partial charge in [0, 0.05) is 49.8 Å². The van der Waals surface area contributed by atoms with E-state index in [1.54, 1.807) is 14.2 Å². The zero-order valence-corrected chi connectivity index (χ0v) is 19.6. The molecule has 0 unspecified atom stereocenters. The van der Waals surface area contributed by atoms with Crippen molar-refractivity contribution in [2.45, 2.75) is 19.2 Å². The molecule has 0 bridgehead atoms. The van der Waals surface area contributed by atoms with Gasteiger partial charge in [-0.3, -0.25) is 9.80 Å². The summed E-state index contributed by atoms with van der Waals surface area (Å²) in [5, 5.41) is 10.4. The number of hydrogen-bond acceptors (Lipinski definition) is 7. The Kier molecular flexibility index (Phi) is 9.33. The van der Waals surface area contributed by atoms with E-state index in [2.05, 4.69) is 22.9 Å². The molecule has 0 saturated carbocycles. The van der Waals surface area contributed by atoms with Gasteiger partial charge >= 0.3 is 0 Å². The lowest BCUT2D eigenvalue weighted by Crippen LogP contribution is -2.40. The molecule has 31 heavy (non-hydrogen) atoms. The lowest BCUT2D eigenvalue weighted by molar-refractivity contribution is 0.0704. The quantitative estimate of drug-likeness (QED) is 0.569. The Balaban J connectivity index is 1.53. The van der Waals surface area contributed by atoms with Crippen molar-refractivity contribution in [1.29, 1.82) is 0 Å². The van der Waals surface area contributed by atoms with Crippen LogP contribution in [0.25, 0.3) is 0 Å². The molecule has 0 amide bonds. The largest absolute Gasteiger partial charge is 0.496 e. The summed E-state index contributed by atoms with van der Waals surface area (Å²) < 4.78 is 16.9. The molecule has 170 valence electrons. The topological polar surface area (TPSA) is 54.4 Å². The van der Waals surface area contributed by atoms with Crippen LogP contribution >= 0.6 is 11.8 Å². The molecule has 0 radical (unpaired) electrons. The molecule has 1 aliphatic rings. The summed E-state index contributed by atoms with van der Waals surface area (Å²) in [4.78, 5) is 4.52. The molecule has 2 aromatic rings. The monoisotopic (exact) mass is 446 g/mol. The van der Waals surface area contributed by atoms with Crippen LogP contribution < -0.4 is 14.2 Å². The maximum absolute atomic E-state index is 10.4. The van der Waals surface area contributed by atoms with Crippen molar-refractivity contribution in [2.24, 2.45) is 0 Å². The summed E-state index contributed by atoms with van der Waals surface area (Å²) in [6.07, 6.45) is -0.514. The number of thioether (sulfide) groups is 1. The Morgan fingerprint density at radius 3 is 2.48 bits per heavy atom. The van der Waals surface area contributed by atoms with Crippen LogP contribution in [0.15, 0.2) is 42.5 Å². The fourth-order valence-electron chi connectivity index (χ4n) is 3.74. The summed E-state index contributed by atoms with van der Waals surface area (Å²) >= 11 is 1.97. The number of ether oxygens (including phenoxy) is 3. The summed E-state index contributed by atoms with van der Waals surface area (Å²) in [6, 6.07) is 14.0. The highest BCUT2D eigenvalue weighted by molar-refractivity contribution is 7.99. The minimum absolute atomic E-state index is 0.257. The summed E-state index contributed by atoms with van der Waals surface area (Å²) in [5.74, 6) is 4.51. The first kappa shape index (κ1) is 23.7. The molecule has 1 heterocycles. The smallest absolute Gasteiger partial charge is 0.161 e. The van der Waals surface area contributed by atoms with Crippen molar-refractivity contribution in [1.82, 2.24) is 9.80 Å². The van der Waals surface area contributed by atoms with Gasteiger partial charge in [0.05, 0.1) is 14.2 Å². The number of methoxy groups -OCH3 is 2. The van der Waals surface area contributed by atoms with Crippen LogP contribution in [0.1, 0.15) is 11.1 Å². The van der Waals surface area contributed by atoms with Crippen molar-refractivity contribution in [3.8, 4) is 17.2 Å². The van der Waals surface area contributed by atoms with Gasteiger partial charge in [0.1, 0.15) is 18.5 Å². The van der Waals surface area contributed by atoms with Crippen LogP contribution in [0, 0.1) is 0 Å². The first-order valence-corrected chi connectivity index (χ1v) is 11.8. The van der Waals surface area contributed by atoms with Crippen molar-refractivity contribution in [2.75, 3.05) is 59.0 Å². The van der Waals surface area contributed by atoms with Gasteiger partial charge in [0.2, 0.25) is 0 Å². The second-order valence-electron chi connectivity index (χ2n) is 7.85. The number of β-amino-alcohol motifs (C(OH)–C–C–N with tert-alkyl or cyclic N) is 1. The van der Waals surface area contributed by atoms with Gasteiger partial charge in [0.15, 0.2) is 11.5 Å². The maximum atomic E-state index is 10.4. The van der Waals surface area contributed by atoms with Crippen LogP contribution in [0.4, 0.5) is 0 Å². The minimum atomic E-state index is -0.514. The molecular formula is C24H34N2O4S. The van der Waals surface area contributed by atoms with Gasteiger partial charge in [-0.2, -0.15) is 11.8 Å². The third kappa shape index (κ3) is 7.31. The lowest BCUT2D eigenvalue weighted by Gasteiger charge is -2.28. The van der Waals surface area contributed by atoms with Crippen LogP contribution in [0.5, 0.6) is 17.2 Å². The van der Waals surface area contributed by atoms with E-state index < -0.39 is 6.10 Å². The molecule has 1 fully saturated rings. The molecule has 1 N–H and O–H groups in total. The van der Waals surface area contributed by atoms with Crippen molar-refractivity contribution in [3.63, 3.8) is 0 Å². The normalized spacial score (nSPS) is 15.6. The lowest BCUT2D eigenvalue weighted by atomic mass is 10.1. The highest BCUT2D eigenvalue weighted by Gasteiger charge is 2.16. The summed E-state index contributed by atoms with van der Waals surface area (Å²) in [7, 11) is 5.43. The molecule has 6 nitrogen and oxygen atoms in total. The van der Waals surface area contributed by atoms with E-state index in [1.807, 2.05) is 48.2 Å².